The van der Waals surface area contributed by atoms with E-state index >= 15 is 0 Å². The van der Waals surface area contributed by atoms with Crippen molar-refractivity contribution in [2.75, 3.05) is 25.2 Å². The molecule has 0 spiro atoms. The fourth-order valence-electron chi connectivity index (χ4n) is 2.94. The Kier molecular flexibility index (Phi) is 7.35. The van der Waals surface area contributed by atoms with Crippen LogP contribution in [0.1, 0.15) is 23.6 Å². The number of methoxy groups -OCH3 is 1. The van der Waals surface area contributed by atoms with Gasteiger partial charge in [0.05, 0.1) is 24.3 Å². The second-order valence-electron chi connectivity index (χ2n) is 6.79. The Morgan fingerprint density at radius 1 is 1.13 bits per heavy atom. The highest BCUT2D eigenvalue weighted by Gasteiger charge is 2.33. The summed E-state index contributed by atoms with van der Waals surface area (Å²) in [4.78, 5) is 26.7. The van der Waals surface area contributed by atoms with Crippen molar-refractivity contribution in [2.24, 2.45) is 0 Å². The number of benzene rings is 2. The maximum atomic E-state index is 13.0. The summed E-state index contributed by atoms with van der Waals surface area (Å²) in [6.45, 7) is 5.80. The molecule has 0 bridgehead atoms. The molecule has 1 heterocycles. The molecule has 0 saturated carbocycles. The van der Waals surface area contributed by atoms with Gasteiger partial charge < -0.3 is 14.2 Å². The van der Waals surface area contributed by atoms with Gasteiger partial charge in [-0.1, -0.05) is 36.1 Å². The summed E-state index contributed by atoms with van der Waals surface area (Å²) in [5.41, 5.74) is 3.72. The maximum absolute atomic E-state index is 13.0. The van der Waals surface area contributed by atoms with Crippen LogP contribution in [0.25, 0.3) is 6.08 Å². The van der Waals surface area contributed by atoms with E-state index in [-0.39, 0.29) is 19.1 Å². The lowest BCUT2D eigenvalue weighted by molar-refractivity contribution is -0.145. The Labute approximate surface area is 191 Å². The topological polar surface area (TPSA) is 65.1 Å². The number of carbonyl (C=O) groups excluding carboxylic acids is 2. The van der Waals surface area contributed by atoms with Gasteiger partial charge in [0.15, 0.2) is 22.4 Å². The second-order valence-corrected chi connectivity index (χ2v) is 8.47. The number of aryl methyl sites for hydroxylation is 2. The summed E-state index contributed by atoms with van der Waals surface area (Å²) in [5, 5.41) is 0. The molecule has 2 aromatic carbocycles. The Morgan fingerprint density at radius 2 is 1.90 bits per heavy atom. The van der Waals surface area contributed by atoms with E-state index in [0.29, 0.717) is 20.7 Å². The quantitative estimate of drug-likeness (QED) is 0.340. The van der Waals surface area contributed by atoms with Crippen LogP contribution in [0, 0.1) is 13.8 Å². The Bertz CT molecular complexity index is 1060. The van der Waals surface area contributed by atoms with Crippen molar-refractivity contribution in [1.29, 1.82) is 0 Å². The molecule has 0 N–H and O–H groups in total. The molecule has 1 fully saturated rings. The number of anilines is 1. The molecule has 1 aliphatic heterocycles. The Balaban J connectivity index is 1.84. The van der Waals surface area contributed by atoms with Gasteiger partial charge in [0.1, 0.15) is 0 Å². The highest BCUT2D eigenvalue weighted by atomic mass is 32.2. The molecular formula is C23H23NO5S2. The minimum absolute atomic E-state index is 0.178. The Morgan fingerprint density at radius 3 is 2.58 bits per heavy atom. The summed E-state index contributed by atoms with van der Waals surface area (Å²) >= 11 is 6.71. The molecule has 1 saturated heterocycles. The molecule has 1 aliphatic rings. The first-order valence-corrected chi connectivity index (χ1v) is 10.9. The van der Waals surface area contributed by atoms with E-state index in [0.717, 1.165) is 22.4 Å². The Hall–Kier alpha value is -2.84. The van der Waals surface area contributed by atoms with Crippen molar-refractivity contribution in [2.45, 2.75) is 20.8 Å². The number of carbonyl (C=O) groups is 2. The fourth-order valence-corrected chi connectivity index (χ4v) is 4.24. The molecule has 8 heteroatoms. The summed E-state index contributed by atoms with van der Waals surface area (Å²) in [6.07, 6.45) is 1.75. The first-order valence-electron chi connectivity index (χ1n) is 9.65. The predicted molar refractivity (Wildman–Crippen MR) is 127 cm³/mol. The van der Waals surface area contributed by atoms with Crippen LogP contribution >= 0.6 is 24.0 Å². The zero-order valence-corrected chi connectivity index (χ0v) is 19.4. The summed E-state index contributed by atoms with van der Waals surface area (Å²) in [7, 11) is 1.51. The van der Waals surface area contributed by atoms with Crippen molar-refractivity contribution in [1.82, 2.24) is 0 Å². The molecule has 3 rings (SSSR count). The van der Waals surface area contributed by atoms with Gasteiger partial charge in [-0.3, -0.25) is 9.69 Å². The molecule has 6 nitrogen and oxygen atoms in total. The predicted octanol–water partition coefficient (Wildman–Crippen LogP) is 4.66. The normalized spacial score (nSPS) is 14.8. The smallest absolute Gasteiger partial charge is 0.344 e. The number of hydrogen-bond acceptors (Lipinski definition) is 7. The standard InChI is InChI=1S/C23H23NO5S2/c1-5-28-21(25)13-29-19-11-16(7-9-18(19)27-4)12-20-22(26)24(23(30)31-20)17-8-6-14(2)15(3)10-17/h6-12H,5,13H2,1-4H3/b20-12-. The number of amides is 1. The van der Waals surface area contributed by atoms with Crippen molar-refractivity contribution < 1.29 is 23.8 Å². The lowest BCUT2D eigenvalue weighted by Crippen LogP contribution is -2.27. The average Bonchev–Trinajstić information content (AvgIpc) is 3.02. The third kappa shape index (κ3) is 5.26. The van der Waals surface area contributed by atoms with Gasteiger partial charge >= 0.3 is 5.97 Å². The number of thioether (sulfide) groups is 1. The molecule has 2 aromatic rings. The minimum atomic E-state index is -0.468. The van der Waals surface area contributed by atoms with Crippen molar-refractivity contribution in [3.05, 3.63) is 58.0 Å². The molecule has 0 radical (unpaired) electrons. The number of hydrogen-bond donors (Lipinski definition) is 0. The number of thiocarbonyl (C=S) groups is 1. The lowest BCUT2D eigenvalue weighted by Gasteiger charge is -2.16. The summed E-state index contributed by atoms with van der Waals surface area (Å²) < 4.78 is 16.2. The minimum Gasteiger partial charge on any atom is -0.493 e. The SMILES string of the molecule is CCOC(=O)COc1cc(/C=C2\SC(=S)N(c3ccc(C)c(C)c3)C2=O)ccc1OC. The van der Waals surface area contributed by atoms with E-state index < -0.39 is 5.97 Å². The molecule has 162 valence electrons. The van der Waals surface area contributed by atoms with Crippen LogP contribution in [0.15, 0.2) is 41.3 Å². The van der Waals surface area contributed by atoms with Crippen molar-refractivity contribution in [3.8, 4) is 11.5 Å². The number of esters is 1. The zero-order valence-electron chi connectivity index (χ0n) is 17.8. The van der Waals surface area contributed by atoms with Crippen LogP contribution in [0.5, 0.6) is 11.5 Å². The number of nitrogens with zero attached hydrogens (tertiary/aromatic N) is 1. The van der Waals surface area contributed by atoms with Gasteiger partial charge in [0, 0.05) is 0 Å². The molecule has 0 aliphatic carbocycles. The first-order chi connectivity index (χ1) is 14.8. The molecule has 31 heavy (non-hydrogen) atoms. The second kappa shape index (κ2) is 9.98. The molecular weight excluding hydrogens is 434 g/mol. The molecule has 0 unspecified atom stereocenters. The highest BCUT2D eigenvalue weighted by Crippen LogP contribution is 2.37. The number of rotatable bonds is 7. The number of ether oxygens (including phenoxy) is 3. The van der Waals surface area contributed by atoms with E-state index in [2.05, 4.69) is 0 Å². The monoisotopic (exact) mass is 457 g/mol. The van der Waals surface area contributed by atoms with E-state index in [1.165, 1.54) is 18.9 Å². The van der Waals surface area contributed by atoms with Gasteiger partial charge in [-0.2, -0.15) is 0 Å². The van der Waals surface area contributed by atoms with Crippen molar-refractivity contribution >= 4 is 51.9 Å². The van der Waals surface area contributed by atoms with E-state index in [1.54, 1.807) is 36.1 Å². The van der Waals surface area contributed by atoms with Gasteiger partial charge in [0.25, 0.3) is 5.91 Å². The third-order valence-corrected chi connectivity index (χ3v) is 5.98. The van der Waals surface area contributed by atoms with Crippen LogP contribution < -0.4 is 14.4 Å². The van der Waals surface area contributed by atoms with Crippen LogP contribution in [-0.2, 0) is 14.3 Å². The van der Waals surface area contributed by atoms with Gasteiger partial charge in [-0.05, 0) is 67.8 Å². The molecule has 0 aromatic heterocycles. The van der Waals surface area contributed by atoms with Crippen LogP contribution in [0.3, 0.4) is 0 Å². The summed E-state index contributed by atoms with van der Waals surface area (Å²) in [6, 6.07) is 11.1. The van der Waals surface area contributed by atoms with Gasteiger partial charge in [-0.25, -0.2) is 4.79 Å². The third-order valence-electron chi connectivity index (χ3n) is 4.68. The van der Waals surface area contributed by atoms with Crippen LogP contribution in [-0.4, -0.2) is 36.5 Å². The van der Waals surface area contributed by atoms with E-state index in [4.69, 9.17) is 26.4 Å². The first kappa shape index (κ1) is 22.8. The summed E-state index contributed by atoms with van der Waals surface area (Å²) in [5.74, 6) is 0.213. The highest BCUT2D eigenvalue weighted by molar-refractivity contribution is 8.27. The fraction of sp³-hybridized carbons (Fsp3) is 0.261. The maximum Gasteiger partial charge on any atom is 0.344 e. The van der Waals surface area contributed by atoms with E-state index in [1.807, 2.05) is 32.0 Å². The van der Waals surface area contributed by atoms with Crippen molar-refractivity contribution in [3.63, 3.8) is 0 Å². The molecule has 0 atom stereocenters. The average molecular weight is 458 g/mol. The zero-order chi connectivity index (χ0) is 22.5. The van der Waals surface area contributed by atoms with Gasteiger partial charge in [0.2, 0.25) is 0 Å². The van der Waals surface area contributed by atoms with Crippen LogP contribution in [0.4, 0.5) is 5.69 Å². The van der Waals surface area contributed by atoms with Crippen LogP contribution in [0.2, 0.25) is 0 Å². The largest absolute Gasteiger partial charge is 0.493 e. The van der Waals surface area contributed by atoms with Gasteiger partial charge in [-0.15, -0.1) is 0 Å². The lowest BCUT2D eigenvalue weighted by atomic mass is 10.1. The van der Waals surface area contributed by atoms with E-state index in [9.17, 15) is 9.59 Å². The molecule has 1 amide bonds.